The van der Waals surface area contributed by atoms with Gasteiger partial charge >= 0.3 is 29.8 Å². The number of benzene rings is 7. The van der Waals surface area contributed by atoms with E-state index in [0.29, 0.717) is 0 Å². The van der Waals surface area contributed by atoms with Gasteiger partial charge in [0.1, 0.15) is 43.7 Å². The zero-order chi connectivity index (χ0) is 54.1. The average molecular weight is 1060 g/mol. The molecule has 0 amide bonds. The number of carbonyl (C=O) groups excluding carboxylic acids is 5. The van der Waals surface area contributed by atoms with Crippen molar-refractivity contribution in [3.63, 3.8) is 0 Å². The van der Waals surface area contributed by atoms with Crippen LogP contribution in [-0.2, 0) is 65.3 Å². The van der Waals surface area contributed by atoms with Crippen LogP contribution < -0.4 is 0 Å². The molecule has 0 aliphatic carbocycles. The fourth-order valence-electron chi connectivity index (χ4n) is 8.88. The summed E-state index contributed by atoms with van der Waals surface area (Å²) in [6, 6.07) is 59.2. The van der Waals surface area contributed by atoms with E-state index < -0.39 is 97.9 Å². The van der Waals surface area contributed by atoms with Crippen LogP contribution in [0.15, 0.2) is 212 Å². The lowest BCUT2D eigenvalue weighted by Gasteiger charge is -2.49. The molecule has 16 heteroatoms. The summed E-state index contributed by atoms with van der Waals surface area (Å²) in [5, 5.41) is 0. The maximum atomic E-state index is 14.5. The van der Waals surface area contributed by atoms with Crippen LogP contribution in [0.25, 0.3) is 0 Å². The van der Waals surface area contributed by atoms with Crippen LogP contribution in [0.2, 0.25) is 0 Å². The van der Waals surface area contributed by atoms with Gasteiger partial charge in [0.15, 0.2) is 30.9 Å². The first-order valence-electron chi connectivity index (χ1n) is 25.2. The molecule has 2 heterocycles. The van der Waals surface area contributed by atoms with Crippen molar-refractivity contribution in [3.05, 3.63) is 251 Å². The Bertz CT molecular complexity index is 3010. The van der Waals surface area contributed by atoms with E-state index in [0.717, 1.165) is 11.1 Å². The summed E-state index contributed by atoms with van der Waals surface area (Å²) in [5.41, 5.74) is 2.32. The quantitative estimate of drug-likeness (QED) is 0.0490. The molecule has 0 bridgehead atoms. The third kappa shape index (κ3) is 14.2. The van der Waals surface area contributed by atoms with Crippen LogP contribution in [-0.4, -0.2) is 112 Å². The van der Waals surface area contributed by atoms with Crippen LogP contribution in [0.5, 0.6) is 0 Å². The highest BCUT2D eigenvalue weighted by molar-refractivity contribution is 5.92. The van der Waals surface area contributed by atoms with Gasteiger partial charge in [-0.1, -0.05) is 152 Å². The zero-order valence-electron chi connectivity index (χ0n) is 42.3. The molecule has 400 valence electrons. The van der Waals surface area contributed by atoms with E-state index in [-0.39, 0.29) is 47.6 Å². The Morgan fingerprint density at radius 3 is 1.06 bits per heavy atom. The smallest absolute Gasteiger partial charge is 0.338 e. The van der Waals surface area contributed by atoms with Crippen LogP contribution in [0.4, 0.5) is 0 Å². The molecule has 78 heavy (non-hydrogen) atoms. The molecule has 0 spiro atoms. The van der Waals surface area contributed by atoms with Crippen molar-refractivity contribution < 1.29 is 76.1 Å². The molecule has 0 radical (unpaired) electrons. The molecular weight excluding hydrogens is 1000 g/mol. The summed E-state index contributed by atoms with van der Waals surface area (Å²) in [4.78, 5) is 70.6. The van der Waals surface area contributed by atoms with Gasteiger partial charge in [-0.2, -0.15) is 0 Å². The number of rotatable bonds is 21. The van der Waals surface area contributed by atoms with E-state index in [4.69, 9.17) is 52.1 Å². The molecule has 0 saturated carbocycles. The number of methoxy groups -OCH3 is 1. The van der Waals surface area contributed by atoms with Crippen molar-refractivity contribution in [1.29, 1.82) is 0 Å². The maximum Gasteiger partial charge on any atom is 0.338 e. The molecule has 7 aromatic rings. The lowest BCUT2D eigenvalue weighted by molar-refractivity contribution is -0.365. The Balaban J connectivity index is 1.17. The van der Waals surface area contributed by atoms with Gasteiger partial charge in [0.25, 0.3) is 0 Å². The van der Waals surface area contributed by atoms with E-state index in [1.165, 1.54) is 43.5 Å². The standard InChI is InChI=1S/C62H56O16/c1-68-61-54(70-38-42-25-11-3-12-26-42)52(50(69-37-41-23-9-2-10-24-41)48(73-61)39-71-56(63)43-27-13-4-14-28-43)78-62-55(77-60(67)47-35-21-8-22-36-47)53(76-59(66)46-33-19-7-20-34-46)51(75-58(65)45-31-17-6-18-32-45)49(74-62)40-72-57(64)44-29-15-5-16-30-44/h2-36,48-55,61-62H,37-40H2,1H3/t48-,49-,50-,51-,52+,53+,54-,55-,61+,62+/m1/s1. The van der Waals surface area contributed by atoms with Gasteiger partial charge in [-0.05, 0) is 71.8 Å². The number of hydrogen-bond donors (Lipinski definition) is 0. The molecule has 16 nitrogen and oxygen atoms in total. The predicted octanol–water partition coefficient (Wildman–Crippen LogP) is 9.03. The first-order valence-corrected chi connectivity index (χ1v) is 25.2. The molecule has 0 unspecified atom stereocenters. The molecule has 10 atom stereocenters. The topological polar surface area (TPSA) is 187 Å². The molecule has 9 rings (SSSR count). The summed E-state index contributed by atoms with van der Waals surface area (Å²) < 4.78 is 71.1. The van der Waals surface area contributed by atoms with Gasteiger partial charge in [-0.15, -0.1) is 0 Å². The largest absolute Gasteiger partial charge is 0.459 e. The average Bonchev–Trinajstić information content (AvgIpc) is 3.56. The van der Waals surface area contributed by atoms with Gasteiger partial charge < -0.3 is 52.1 Å². The molecule has 2 aliphatic heterocycles. The highest BCUT2D eigenvalue weighted by atomic mass is 16.8. The van der Waals surface area contributed by atoms with Gasteiger partial charge in [0.2, 0.25) is 0 Å². The second-order valence-corrected chi connectivity index (χ2v) is 18.1. The second kappa shape index (κ2) is 27.1. The predicted molar refractivity (Wildman–Crippen MR) is 280 cm³/mol. The third-order valence-corrected chi connectivity index (χ3v) is 12.8. The van der Waals surface area contributed by atoms with Crippen molar-refractivity contribution in [1.82, 2.24) is 0 Å². The Hall–Kier alpha value is -8.35. The Labute approximate surface area is 450 Å². The van der Waals surface area contributed by atoms with Gasteiger partial charge in [-0.25, -0.2) is 24.0 Å². The minimum Gasteiger partial charge on any atom is -0.459 e. The fraction of sp³-hybridized carbons (Fsp3) is 0.242. The van der Waals surface area contributed by atoms with Crippen molar-refractivity contribution in [3.8, 4) is 0 Å². The lowest BCUT2D eigenvalue weighted by Crippen LogP contribution is -2.67. The monoisotopic (exact) mass is 1060 g/mol. The number of hydrogen-bond acceptors (Lipinski definition) is 16. The number of ether oxygens (including phenoxy) is 11. The van der Waals surface area contributed by atoms with Crippen molar-refractivity contribution in [2.45, 2.75) is 74.6 Å². The summed E-state index contributed by atoms with van der Waals surface area (Å²) in [6.07, 6.45) is -14.7. The van der Waals surface area contributed by atoms with Crippen molar-refractivity contribution in [2.75, 3.05) is 20.3 Å². The normalized spacial score (nSPS) is 22.7. The minimum atomic E-state index is -1.81. The summed E-state index contributed by atoms with van der Waals surface area (Å²) in [5.74, 6) is -4.08. The third-order valence-electron chi connectivity index (χ3n) is 12.8. The highest BCUT2D eigenvalue weighted by Gasteiger charge is 2.57. The fourth-order valence-corrected chi connectivity index (χ4v) is 8.88. The van der Waals surface area contributed by atoms with Crippen LogP contribution in [0.3, 0.4) is 0 Å². The van der Waals surface area contributed by atoms with Gasteiger partial charge in [-0.3, -0.25) is 0 Å². The Kier molecular flexibility index (Phi) is 18.9. The van der Waals surface area contributed by atoms with E-state index in [9.17, 15) is 24.0 Å². The van der Waals surface area contributed by atoms with Crippen LogP contribution in [0.1, 0.15) is 62.9 Å². The van der Waals surface area contributed by atoms with Crippen molar-refractivity contribution >= 4 is 29.8 Å². The molecule has 0 aromatic heterocycles. The molecule has 2 fully saturated rings. The van der Waals surface area contributed by atoms with E-state index >= 15 is 0 Å². The number of carbonyl (C=O) groups is 5. The first-order chi connectivity index (χ1) is 38.2. The van der Waals surface area contributed by atoms with Crippen LogP contribution >= 0.6 is 0 Å². The molecule has 7 aromatic carbocycles. The summed E-state index contributed by atoms with van der Waals surface area (Å²) in [6.45, 7) is -1.03. The Morgan fingerprint density at radius 2 is 0.667 bits per heavy atom. The zero-order valence-corrected chi connectivity index (χ0v) is 42.3. The second-order valence-electron chi connectivity index (χ2n) is 18.1. The van der Waals surface area contributed by atoms with Crippen LogP contribution in [0, 0.1) is 0 Å². The van der Waals surface area contributed by atoms with Gasteiger partial charge in [0, 0.05) is 7.11 Å². The van der Waals surface area contributed by atoms with E-state index in [1.54, 1.807) is 115 Å². The SMILES string of the molecule is CO[C@H]1O[C@H](COC(=O)c2ccccc2)[C@@H](OCc2ccccc2)[C@H](O[C@@H]2O[C@H](COC(=O)c3ccccc3)[C@@H](OC(=O)c3ccccc3)[C@H](OC(=O)c3ccccc3)[C@H]2OC(=O)c2ccccc2)[C@H]1OCc1ccccc1. The van der Waals surface area contributed by atoms with E-state index in [1.807, 2.05) is 60.7 Å². The summed E-state index contributed by atoms with van der Waals surface area (Å²) in [7, 11) is 1.40. The first kappa shape index (κ1) is 54.4. The molecular formula is C62H56O16. The molecule has 0 N–H and O–H groups in total. The summed E-state index contributed by atoms with van der Waals surface area (Å²) >= 11 is 0. The molecule has 2 saturated heterocycles. The minimum absolute atomic E-state index is 0.00150. The molecule has 2 aliphatic rings. The Morgan fingerprint density at radius 1 is 0.346 bits per heavy atom. The lowest BCUT2D eigenvalue weighted by atomic mass is 9.95. The van der Waals surface area contributed by atoms with E-state index in [2.05, 4.69) is 0 Å². The number of esters is 5. The highest BCUT2D eigenvalue weighted by Crippen LogP contribution is 2.37. The van der Waals surface area contributed by atoms with Crippen molar-refractivity contribution in [2.24, 2.45) is 0 Å². The van der Waals surface area contributed by atoms with Gasteiger partial charge in [0.05, 0.1) is 41.0 Å². The maximum absolute atomic E-state index is 14.5.